The number of carbonyl (C=O) groups excluding carboxylic acids is 1. The van der Waals surface area contributed by atoms with Crippen LogP contribution in [0.25, 0.3) is 0 Å². The van der Waals surface area contributed by atoms with Crippen molar-refractivity contribution in [3.8, 4) is 0 Å². The predicted octanol–water partition coefficient (Wildman–Crippen LogP) is 4.18. The van der Waals surface area contributed by atoms with E-state index in [-0.39, 0.29) is 5.91 Å². The molecule has 104 valence electrons. The van der Waals surface area contributed by atoms with Crippen molar-refractivity contribution in [1.29, 1.82) is 0 Å². The molecule has 1 aromatic rings. The van der Waals surface area contributed by atoms with Gasteiger partial charge in [0.05, 0.1) is 0 Å². The van der Waals surface area contributed by atoms with E-state index < -0.39 is 0 Å². The van der Waals surface area contributed by atoms with E-state index in [0.29, 0.717) is 21.9 Å². The van der Waals surface area contributed by atoms with Gasteiger partial charge in [-0.2, -0.15) is 0 Å². The Morgan fingerprint density at radius 2 is 2.00 bits per heavy atom. The van der Waals surface area contributed by atoms with Crippen molar-refractivity contribution >= 4 is 29.1 Å². The normalized spacial score (nSPS) is 23.1. The summed E-state index contributed by atoms with van der Waals surface area (Å²) in [7, 11) is 0. The fraction of sp³-hybridized carbons (Fsp3) is 0.533. The molecule has 1 N–H and O–H groups in total. The molecule has 1 aromatic carbocycles. The van der Waals surface area contributed by atoms with Crippen LogP contribution in [-0.2, 0) is 0 Å². The SMILES string of the molecule is Cc1cc(Cl)ccc1C(=O)NCC1CCC(Cl)CC1. The minimum absolute atomic E-state index is 0.0119. The summed E-state index contributed by atoms with van der Waals surface area (Å²) in [5.74, 6) is 0.550. The molecule has 0 unspecified atom stereocenters. The van der Waals surface area contributed by atoms with Gasteiger partial charge in [0.25, 0.3) is 5.91 Å². The monoisotopic (exact) mass is 299 g/mol. The number of carbonyl (C=O) groups is 1. The van der Waals surface area contributed by atoms with Crippen molar-refractivity contribution in [2.45, 2.75) is 38.0 Å². The first-order valence-electron chi connectivity index (χ1n) is 6.74. The molecule has 2 nitrogen and oxygen atoms in total. The van der Waals surface area contributed by atoms with Crippen LogP contribution in [0.15, 0.2) is 18.2 Å². The Balaban J connectivity index is 1.87. The average Bonchev–Trinajstić information content (AvgIpc) is 2.37. The lowest BCUT2D eigenvalue weighted by molar-refractivity contribution is 0.0943. The van der Waals surface area contributed by atoms with Crippen molar-refractivity contribution in [3.05, 3.63) is 34.3 Å². The van der Waals surface area contributed by atoms with Gasteiger partial charge in [-0.1, -0.05) is 11.6 Å². The first-order chi connectivity index (χ1) is 9.06. The molecule has 0 bridgehead atoms. The third-order valence-corrected chi connectivity index (χ3v) is 4.43. The summed E-state index contributed by atoms with van der Waals surface area (Å²) in [6, 6.07) is 5.35. The number of aryl methyl sites for hydroxylation is 1. The summed E-state index contributed by atoms with van der Waals surface area (Å²) in [4.78, 5) is 12.1. The van der Waals surface area contributed by atoms with Crippen LogP contribution in [0, 0.1) is 12.8 Å². The fourth-order valence-corrected chi connectivity index (χ4v) is 3.02. The van der Waals surface area contributed by atoms with Crippen LogP contribution in [0.4, 0.5) is 0 Å². The molecule has 1 aliphatic carbocycles. The lowest BCUT2D eigenvalue weighted by Crippen LogP contribution is -2.31. The summed E-state index contributed by atoms with van der Waals surface area (Å²) in [6.45, 7) is 2.64. The first-order valence-corrected chi connectivity index (χ1v) is 7.56. The molecule has 1 aliphatic rings. The highest BCUT2D eigenvalue weighted by atomic mass is 35.5. The van der Waals surface area contributed by atoms with Gasteiger partial charge in [-0.05, 0) is 62.3 Å². The molecule has 0 heterocycles. The van der Waals surface area contributed by atoms with Crippen LogP contribution in [0.3, 0.4) is 0 Å². The molecule has 1 fully saturated rings. The Kier molecular flexibility index (Phi) is 5.12. The number of halogens is 2. The zero-order valence-electron chi connectivity index (χ0n) is 11.1. The summed E-state index contributed by atoms with van der Waals surface area (Å²) in [5, 5.41) is 4.00. The van der Waals surface area contributed by atoms with Crippen LogP contribution in [0.2, 0.25) is 5.02 Å². The van der Waals surface area contributed by atoms with E-state index in [2.05, 4.69) is 5.32 Å². The van der Waals surface area contributed by atoms with Crippen LogP contribution in [-0.4, -0.2) is 17.8 Å². The molecule has 0 atom stereocenters. The minimum atomic E-state index is -0.0119. The van der Waals surface area contributed by atoms with Gasteiger partial charge in [-0.15, -0.1) is 11.6 Å². The zero-order chi connectivity index (χ0) is 13.8. The maximum atomic E-state index is 12.1. The molecule has 1 saturated carbocycles. The van der Waals surface area contributed by atoms with Crippen molar-refractivity contribution in [3.63, 3.8) is 0 Å². The first kappa shape index (κ1) is 14.7. The Labute approximate surface area is 124 Å². The molecule has 0 aliphatic heterocycles. The van der Waals surface area contributed by atoms with Crippen LogP contribution in [0.5, 0.6) is 0 Å². The van der Waals surface area contributed by atoms with Crippen molar-refractivity contribution < 1.29 is 4.79 Å². The van der Waals surface area contributed by atoms with E-state index in [0.717, 1.165) is 37.8 Å². The zero-order valence-corrected chi connectivity index (χ0v) is 12.6. The molecule has 0 saturated heterocycles. The van der Waals surface area contributed by atoms with Crippen LogP contribution >= 0.6 is 23.2 Å². The van der Waals surface area contributed by atoms with Gasteiger partial charge in [0.2, 0.25) is 0 Å². The fourth-order valence-electron chi connectivity index (χ4n) is 2.54. The summed E-state index contributed by atoms with van der Waals surface area (Å²) < 4.78 is 0. The predicted molar refractivity (Wildman–Crippen MR) is 80.1 cm³/mol. The number of amides is 1. The second-order valence-electron chi connectivity index (χ2n) is 5.29. The second kappa shape index (κ2) is 6.62. The molecule has 19 heavy (non-hydrogen) atoms. The van der Waals surface area contributed by atoms with Crippen LogP contribution < -0.4 is 5.32 Å². The standard InChI is InChI=1S/C15H19Cl2NO/c1-10-8-13(17)6-7-14(10)15(19)18-9-11-2-4-12(16)5-3-11/h6-8,11-12H,2-5,9H2,1H3,(H,18,19). The Bertz CT molecular complexity index is 453. The van der Waals surface area contributed by atoms with E-state index in [9.17, 15) is 4.79 Å². The number of nitrogens with one attached hydrogen (secondary N) is 1. The van der Waals surface area contributed by atoms with Gasteiger partial charge >= 0.3 is 0 Å². The van der Waals surface area contributed by atoms with Gasteiger partial charge in [0, 0.05) is 22.5 Å². The number of rotatable bonds is 3. The quantitative estimate of drug-likeness (QED) is 0.834. The Hall–Kier alpha value is -0.730. The van der Waals surface area contributed by atoms with Gasteiger partial charge in [-0.25, -0.2) is 0 Å². The largest absolute Gasteiger partial charge is 0.352 e. The summed E-state index contributed by atoms with van der Waals surface area (Å²) in [6.07, 6.45) is 4.33. The van der Waals surface area contributed by atoms with Crippen LogP contribution in [0.1, 0.15) is 41.6 Å². The summed E-state index contributed by atoms with van der Waals surface area (Å²) in [5.41, 5.74) is 1.62. The second-order valence-corrected chi connectivity index (χ2v) is 6.34. The summed E-state index contributed by atoms with van der Waals surface area (Å²) >= 11 is 12.0. The number of alkyl halides is 1. The van der Waals surface area contributed by atoms with Gasteiger partial charge in [0.15, 0.2) is 0 Å². The van der Waals surface area contributed by atoms with Crippen molar-refractivity contribution in [1.82, 2.24) is 5.32 Å². The van der Waals surface area contributed by atoms with Crippen molar-refractivity contribution in [2.75, 3.05) is 6.54 Å². The highest BCUT2D eigenvalue weighted by Gasteiger charge is 2.20. The smallest absolute Gasteiger partial charge is 0.251 e. The molecule has 2 rings (SSSR count). The molecular formula is C15H19Cl2NO. The maximum Gasteiger partial charge on any atom is 0.251 e. The molecular weight excluding hydrogens is 281 g/mol. The number of hydrogen-bond acceptors (Lipinski definition) is 1. The molecule has 1 amide bonds. The lowest BCUT2D eigenvalue weighted by Gasteiger charge is -2.25. The lowest BCUT2D eigenvalue weighted by atomic mass is 9.89. The Morgan fingerprint density at radius 3 is 2.63 bits per heavy atom. The topological polar surface area (TPSA) is 29.1 Å². The molecule has 0 spiro atoms. The van der Waals surface area contributed by atoms with E-state index in [1.54, 1.807) is 12.1 Å². The van der Waals surface area contributed by atoms with Gasteiger partial charge in [0.1, 0.15) is 0 Å². The third-order valence-electron chi connectivity index (χ3n) is 3.76. The molecule has 0 radical (unpaired) electrons. The Morgan fingerprint density at radius 1 is 1.32 bits per heavy atom. The highest BCUT2D eigenvalue weighted by molar-refractivity contribution is 6.30. The number of hydrogen-bond donors (Lipinski definition) is 1. The van der Waals surface area contributed by atoms with Gasteiger partial charge < -0.3 is 5.32 Å². The number of benzene rings is 1. The molecule has 0 aromatic heterocycles. The highest BCUT2D eigenvalue weighted by Crippen LogP contribution is 2.27. The third kappa shape index (κ3) is 4.12. The van der Waals surface area contributed by atoms with E-state index >= 15 is 0 Å². The van der Waals surface area contributed by atoms with E-state index in [1.165, 1.54) is 0 Å². The van der Waals surface area contributed by atoms with E-state index in [4.69, 9.17) is 23.2 Å². The minimum Gasteiger partial charge on any atom is -0.352 e. The van der Waals surface area contributed by atoms with Crippen molar-refractivity contribution in [2.24, 2.45) is 5.92 Å². The molecule has 4 heteroatoms. The van der Waals surface area contributed by atoms with E-state index in [1.807, 2.05) is 13.0 Å². The van der Waals surface area contributed by atoms with Gasteiger partial charge in [-0.3, -0.25) is 4.79 Å². The maximum absolute atomic E-state index is 12.1. The average molecular weight is 300 g/mol.